The molecule has 0 radical (unpaired) electrons. The molecule has 17 heavy (non-hydrogen) atoms. The van der Waals surface area contributed by atoms with Gasteiger partial charge in [-0.15, -0.1) is 0 Å². The van der Waals surface area contributed by atoms with Crippen LogP contribution in [0.3, 0.4) is 0 Å². The fourth-order valence-electron chi connectivity index (χ4n) is 2.57. The van der Waals surface area contributed by atoms with Crippen LogP contribution in [0.2, 0.25) is 5.02 Å². The molecule has 0 spiro atoms. The predicted molar refractivity (Wildman–Crippen MR) is 73.8 cm³/mol. The van der Waals surface area contributed by atoms with Crippen molar-refractivity contribution >= 4 is 11.6 Å². The first-order valence-corrected chi connectivity index (χ1v) is 6.48. The Bertz CT molecular complexity index is 597. The van der Waals surface area contributed by atoms with Gasteiger partial charge in [0.2, 0.25) is 0 Å². The molecule has 1 heteroatoms. The molecule has 0 aliphatic heterocycles. The third-order valence-electron chi connectivity index (χ3n) is 3.64. The molecule has 0 atom stereocenters. The van der Waals surface area contributed by atoms with E-state index in [0.717, 1.165) is 17.9 Å². The van der Waals surface area contributed by atoms with Crippen LogP contribution in [0.15, 0.2) is 30.3 Å². The zero-order valence-corrected chi connectivity index (χ0v) is 10.9. The summed E-state index contributed by atoms with van der Waals surface area (Å²) in [5.74, 6) is 0. The Morgan fingerprint density at radius 3 is 2.59 bits per heavy atom. The molecule has 2 aromatic carbocycles. The number of rotatable bonds is 1. The summed E-state index contributed by atoms with van der Waals surface area (Å²) < 4.78 is 0. The molecule has 0 bridgehead atoms. The van der Waals surface area contributed by atoms with E-state index < -0.39 is 0 Å². The van der Waals surface area contributed by atoms with Gasteiger partial charge >= 0.3 is 0 Å². The van der Waals surface area contributed by atoms with Crippen LogP contribution >= 0.6 is 11.6 Å². The summed E-state index contributed by atoms with van der Waals surface area (Å²) in [4.78, 5) is 0. The Hall–Kier alpha value is -1.27. The smallest absolute Gasteiger partial charge is 0.0438 e. The summed E-state index contributed by atoms with van der Waals surface area (Å²) in [6.45, 7) is 4.27. The molecule has 1 aliphatic carbocycles. The molecule has 0 aromatic heterocycles. The van der Waals surface area contributed by atoms with Crippen molar-refractivity contribution in [3.63, 3.8) is 0 Å². The van der Waals surface area contributed by atoms with Gasteiger partial charge in [-0.1, -0.05) is 36.7 Å². The van der Waals surface area contributed by atoms with Gasteiger partial charge in [0.05, 0.1) is 0 Å². The molecule has 0 amide bonds. The second-order valence-corrected chi connectivity index (χ2v) is 5.19. The van der Waals surface area contributed by atoms with Crippen LogP contribution < -0.4 is 0 Å². The average molecular weight is 243 g/mol. The number of halogens is 1. The largest absolute Gasteiger partial charge is 0.0840 e. The molecular formula is C16H15Cl. The Morgan fingerprint density at radius 1 is 1.06 bits per heavy atom. The molecule has 0 N–H and O–H groups in total. The van der Waals surface area contributed by atoms with E-state index in [2.05, 4.69) is 44.2 Å². The SMILES string of the molecule is CCc1ccc2c(c1)-c1cc(C)c(Cl)cc1C2. The number of aryl methyl sites for hydroxylation is 2. The molecule has 0 saturated heterocycles. The summed E-state index contributed by atoms with van der Waals surface area (Å²) in [5, 5.41) is 0.882. The van der Waals surface area contributed by atoms with Gasteiger partial charge in [0.25, 0.3) is 0 Å². The lowest BCUT2D eigenvalue weighted by Gasteiger charge is -2.05. The van der Waals surface area contributed by atoms with E-state index in [1.807, 2.05) is 0 Å². The zero-order valence-electron chi connectivity index (χ0n) is 10.2. The van der Waals surface area contributed by atoms with E-state index in [4.69, 9.17) is 11.6 Å². The van der Waals surface area contributed by atoms with E-state index in [0.29, 0.717) is 0 Å². The Balaban J connectivity index is 2.22. The number of fused-ring (bicyclic) bond motifs is 3. The van der Waals surface area contributed by atoms with Crippen LogP contribution in [0.4, 0.5) is 0 Å². The minimum absolute atomic E-state index is 0.882. The third kappa shape index (κ3) is 1.68. The van der Waals surface area contributed by atoms with Crippen LogP contribution in [0.25, 0.3) is 11.1 Å². The van der Waals surface area contributed by atoms with Crippen LogP contribution in [-0.2, 0) is 12.8 Å². The molecule has 86 valence electrons. The highest BCUT2D eigenvalue weighted by molar-refractivity contribution is 6.31. The van der Waals surface area contributed by atoms with Crippen molar-refractivity contribution in [3.8, 4) is 11.1 Å². The van der Waals surface area contributed by atoms with Crippen molar-refractivity contribution in [2.45, 2.75) is 26.7 Å². The van der Waals surface area contributed by atoms with Crippen molar-refractivity contribution in [1.29, 1.82) is 0 Å². The van der Waals surface area contributed by atoms with Gasteiger partial charge in [0.15, 0.2) is 0 Å². The van der Waals surface area contributed by atoms with Crippen LogP contribution in [0.1, 0.15) is 29.2 Å². The van der Waals surface area contributed by atoms with Crippen LogP contribution in [-0.4, -0.2) is 0 Å². The van der Waals surface area contributed by atoms with Gasteiger partial charge in [0.1, 0.15) is 0 Å². The molecule has 0 nitrogen and oxygen atoms in total. The zero-order chi connectivity index (χ0) is 12.0. The lowest BCUT2D eigenvalue weighted by molar-refractivity contribution is 1.13. The van der Waals surface area contributed by atoms with Crippen molar-refractivity contribution in [2.24, 2.45) is 0 Å². The second kappa shape index (κ2) is 3.89. The topological polar surface area (TPSA) is 0 Å². The number of benzene rings is 2. The van der Waals surface area contributed by atoms with Crippen molar-refractivity contribution < 1.29 is 0 Å². The van der Waals surface area contributed by atoms with E-state index in [9.17, 15) is 0 Å². The van der Waals surface area contributed by atoms with Crippen LogP contribution in [0, 0.1) is 6.92 Å². The fraction of sp³-hybridized carbons (Fsp3) is 0.250. The molecule has 1 aliphatic rings. The van der Waals surface area contributed by atoms with Crippen LogP contribution in [0.5, 0.6) is 0 Å². The molecule has 0 heterocycles. The predicted octanol–water partition coefficient (Wildman–Crippen LogP) is 4.78. The van der Waals surface area contributed by atoms with Crippen molar-refractivity contribution in [3.05, 3.63) is 57.6 Å². The molecule has 0 saturated carbocycles. The quantitative estimate of drug-likeness (QED) is 0.576. The first-order valence-electron chi connectivity index (χ1n) is 6.10. The highest BCUT2D eigenvalue weighted by Crippen LogP contribution is 2.39. The summed E-state index contributed by atoms with van der Waals surface area (Å²) in [5.41, 5.74) is 8.14. The maximum Gasteiger partial charge on any atom is 0.0438 e. The van der Waals surface area contributed by atoms with Gasteiger partial charge in [-0.05, 0) is 65.3 Å². The summed E-state index contributed by atoms with van der Waals surface area (Å²) in [6.07, 6.45) is 2.11. The first-order chi connectivity index (χ1) is 8.19. The van der Waals surface area contributed by atoms with E-state index in [1.54, 1.807) is 0 Å². The first kappa shape index (κ1) is 10.9. The normalized spacial score (nSPS) is 12.4. The lowest BCUT2D eigenvalue weighted by atomic mass is 10.0. The second-order valence-electron chi connectivity index (χ2n) is 4.78. The van der Waals surface area contributed by atoms with Crippen molar-refractivity contribution in [2.75, 3.05) is 0 Å². The minimum Gasteiger partial charge on any atom is -0.0840 e. The van der Waals surface area contributed by atoms with Gasteiger partial charge in [-0.3, -0.25) is 0 Å². The van der Waals surface area contributed by atoms with Gasteiger partial charge < -0.3 is 0 Å². The highest BCUT2D eigenvalue weighted by atomic mass is 35.5. The summed E-state index contributed by atoms with van der Waals surface area (Å²) in [7, 11) is 0. The molecule has 2 aromatic rings. The summed E-state index contributed by atoms with van der Waals surface area (Å²) >= 11 is 6.19. The number of hydrogen-bond donors (Lipinski definition) is 0. The molecule has 0 unspecified atom stereocenters. The Labute approximate surface area is 107 Å². The van der Waals surface area contributed by atoms with E-state index >= 15 is 0 Å². The maximum absolute atomic E-state index is 6.19. The maximum atomic E-state index is 6.19. The van der Waals surface area contributed by atoms with E-state index in [1.165, 1.54) is 33.4 Å². The van der Waals surface area contributed by atoms with Gasteiger partial charge in [0, 0.05) is 5.02 Å². The summed E-state index contributed by atoms with van der Waals surface area (Å²) in [6, 6.07) is 11.2. The molecule has 3 rings (SSSR count). The standard InChI is InChI=1S/C16H15Cl/c1-3-11-4-5-12-8-13-9-16(17)10(2)6-14(13)15(12)7-11/h4-7,9H,3,8H2,1-2H3. The highest BCUT2D eigenvalue weighted by Gasteiger charge is 2.19. The van der Waals surface area contributed by atoms with Gasteiger partial charge in [-0.2, -0.15) is 0 Å². The average Bonchev–Trinajstić information content (AvgIpc) is 2.67. The van der Waals surface area contributed by atoms with E-state index in [-0.39, 0.29) is 0 Å². The number of hydrogen-bond acceptors (Lipinski definition) is 0. The molecule has 0 fully saturated rings. The monoisotopic (exact) mass is 242 g/mol. The van der Waals surface area contributed by atoms with Crippen molar-refractivity contribution in [1.82, 2.24) is 0 Å². The third-order valence-corrected chi connectivity index (χ3v) is 4.05. The fourth-order valence-corrected chi connectivity index (χ4v) is 2.76. The lowest BCUT2D eigenvalue weighted by Crippen LogP contribution is -1.84. The van der Waals surface area contributed by atoms with Gasteiger partial charge in [-0.25, -0.2) is 0 Å². The Kier molecular flexibility index (Phi) is 2.48. The Morgan fingerprint density at radius 2 is 1.82 bits per heavy atom. The minimum atomic E-state index is 0.882. The molecular weight excluding hydrogens is 228 g/mol.